The Labute approximate surface area is 341 Å². The van der Waals surface area contributed by atoms with Gasteiger partial charge in [0.1, 0.15) is 19.8 Å². The first-order valence-electron chi connectivity index (χ1n) is 21.3. The summed E-state index contributed by atoms with van der Waals surface area (Å²) < 4.78 is 33.8. The summed E-state index contributed by atoms with van der Waals surface area (Å²) in [6.07, 6.45) is 47.5. The minimum absolute atomic E-state index is 0.0472. The first-order valence-corrected chi connectivity index (χ1v) is 22.8. The molecule has 0 saturated heterocycles. The maximum Gasteiger partial charge on any atom is 0.306 e. The van der Waals surface area contributed by atoms with Crippen LogP contribution in [-0.4, -0.2) is 70.0 Å². The minimum atomic E-state index is -4.64. The van der Waals surface area contributed by atoms with Crippen LogP contribution in [0.3, 0.4) is 0 Å². The third kappa shape index (κ3) is 40.8. The Morgan fingerprint density at radius 1 is 0.571 bits per heavy atom. The molecule has 320 valence electrons. The Hall–Kier alpha value is -2.81. The van der Waals surface area contributed by atoms with Crippen molar-refractivity contribution in [2.75, 3.05) is 47.5 Å². The van der Waals surface area contributed by atoms with E-state index in [0.29, 0.717) is 23.9 Å². The second kappa shape index (κ2) is 37.7. The number of carbonyl (C=O) groups excluding carboxylic acids is 2. The molecule has 10 heteroatoms. The molecule has 0 aromatic carbocycles. The van der Waals surface area contributed by atoms with Crippen molar-refractivity contribution in [3.8, 4) is 0 Å². The van der Waals surface area contributed by atoms with Crippen LogP contribution in [0.25, 0.3) is 0 Å². The van der Waals surface area contributed by atoms with Crippen molar-refractivity contribution in [3.05, 3.63) is 85.1 Å². The second-order valence-corrected chi connectivity index (χ2v) is 16.4. The molecule has 0 bridgehead atoms. The molecular formula is C46H78NO8P. The largest absolute Gasteiger partial charge is 0.756 e. The van der Waals surface area contributed by atoms with E-state index in [9.17, 15) is 19.0 Å². The lowest BCUT2D eigenvalue weighted by Crippen LogP contribution is -2.37. The zero-order valence-electron chi connectivity index (χ0n) is 35.8. The zero-order chi connectivity index (χ0) is 41.4. The van der Waals surface area contributed by atoms with E-state index in [2.05, 4.69) is 98.9 Å². The van der Waals surface area contributed by atoms with E-state index in [0.717, 1.165) is 83.5 Å². The first-order chi connectivity index (χ1) is 27.0. The molecule has 1 unspecified atom stereocenters. The summed E-state index contributed by atoms with van der Waals surface area (Å²) in [6, 6.07) is 0. The second-order valence-electron chi connectivity index (χ2n) is 15.0. The Balaban J connectivity index is 4.51. The number of esters is 2. The van der Waals surface area contributed by atoms with Gasteiger partial charge in [0.05, 0.1) is 27.7 Å². The number of carbonyl (C=O) groups is 2. The summed E-state index contributed by atoms with van der Waals surface area (Å²) in [4.78, 5) is 37.5. The van der Waals surface area contributed by atoms with Crippen LogP contribution in [0, 0.1) is 0 Å². The van der Waals surface area contributed by atoms with Crippen LogP contribution in [0.1, 0.15) is 142 Å². The van der Waals surface area contributed by atoms with Crippen LogP contribution in [0.5, 0.6) is 0 Å². The molecule has 0 aliphatic heterocycles. The van der Waals surface area contributed by atoms with Gasteiger partial charge in [-0.1, -0.05) is 125 Å². The van der Waals surface area contributed by atoms with E-state index in [1.807, 2.05) is 21.1 Å². The number of hydrogen-bond acceptors (Lipinski definition) is 8. The molecule has 0 N–H and O–H groups in total. The van der Waals surface area contributed by atoms with Crippen LogP contribution >= 0.6 is 7.82 Å². The molecule has 0 amide bonds. The van der Waals surface area contributed by atoms with Gasteiger partial charge in [-0.05, 0) is 89.9 Å². The molecule has 0 saturated carbocycles. The van der Waals surface area contributed by atoms with Gasteiger partial charge >= 0.3 is 11.9 Å². The molecule has 9 nitrogen and oxygen atoms in total. The van der Waals surface area contributed by atoms with E-state index in [1.54, 1.807) is 0 Å². The van der Waals surface area contributed by atoms with E-state index < -0.39 is 32.5 Å². The lowest BCUT2D eigenvalue weighted by Gasteiger charge is -2.28. The number of nitrogens with zero attached hydrogens (tertiary/aromatic N) is 1. The topological polar surface area (TPSA) is 111 Å². The number of allylic oxidation sites excluding steroid dienone is 14. The molecule has 0 spiro atoms. The summed E-state index contributed by atoms with van der Waals surface area (Å²) in [6.45, 7) is 3.98. The van der Waals surface area contributed by atoms with Crippen molar-refractivity contribution in [2.45, 2.75) is 148 Å². The van der Waals surface area contributed by atoms with Gasteiger partial charge in [-0.25, -0.2) is 0 Å². The number of unbranched alkanes of at least 4 members (excludes halogenated alkanes) is 9. The number of likely N-dealkylation sites (N-methyl/N-ethyl adjacent to an activating group) is 1. The van der Waals surface area contributed by atoms with Gasteiger partial charge in [0, 0.05) is 12.8 Å². The van der Waals surface area contributed by atoms with Gasteiger partial charge in [-0.15, -0.1) is 0 Å². The fourth-order valence-corrected chi connectivity index (χ4v) is 5.79. The molecule has 0 aliphatic rings. The van der Waals surface area contributed by atoms with Crippen molar-refractivity contribution in [1.29, 1.82) is 0 Å². The molecule has 0 aromatic heterocycles. The molecule has 56 heavy (non-hydrogen) atoms. The highest BCUT2D eigenvalue weighted by atomic mass is 31.2. The molecule has 0 aromatic rings. The summed E-state index contributed by atoms with van der Waals surface area (Å²) in [5.74, 6) is -0.917. The van der Waals surface area contributed by atoms with Crippen molar-refractivity contribution < 1.29 is 42.1 Å². The molecular weight excluding hydrogens is 725 g/mol. The lowest BCUT2D eigenvalue weighted by molar-refractivity contribution is -0.870. The molecule has 0 fully saturated rings. The highest BCUT2D eigenvalue weighted by Gasteiger charge is 2.21. The standard InChI is InChI=1S/C46H78NO8P/c1-6-8-10-12-14-16-18-20-22-23-25-26-28-30-32-34-36-38-45(48)52-42-44(43-54-56(50,51)53-41-40-47(3,4)5)55-46(49)39-37-35-33-31-29-27-24-21-19-17-15-13-11-9-7-2/h8,10,14-17,20-22,24-26,29,31,44H,6-7,9,11-13,18-19,23,27-28,30,32-43H2,1-5H3/b10-8-,16-14-,17-15-,22-20-,24-21-,26-25-,31-29-/t44-/m1/s1. The van der Waals surface area contributed by atoms with E-state index in [-0.39, 0.29) is 26.1 Å². The third-order valence-corrected chi connectivity index (χ3v) is 9.36. The van der Waals surface area contributed by atoms with Gasteiger partial charge in [-0.2, -0.15) is 0 Å². The average Bonchev–Trinajstić information content (AvgIpc) is 3.15. The SMILES string of the molecule is CC/C=C\C/C=C\C/C=C\C/C=C\CCCCCCC(=O)OC[C@H](COP(=O)([O-])OCC[N+](C)(C)C)OC(=O)CCCC/C=C\C/C=C\C/C=C\CCCCC. The van der Waals surface area contributed by atoms with E-state index in [4.69, 9.17) is 18.5 Å². The first kappa shape index (κ1) is 53.2. The highest BCUT2D eigenvalue weighted by Crippen LogP contribution is 2.38. The van der Waals surface area contributed by atoms with Crippen LogP contribution in [0.2, 0.25) is 0 Å². The monoisotopic (exact) mass is 804 g/mol. The molecule has 0 radical (unpaired) electrons. The molecule has 0 heterocycles. The van der Waals surface area contributed by atoms with Crippen molar-refractivity contribution in [2.24, 2.45) is 0 Å². The quantitative estimate of drug-likeness (QED) is 0.0201. The van der Waals surface area contributed by atoms with Gasteiger partial charge in [0.25, 0.3) is 7.82 Å². The van der Waals surface area contributed by atoms with Crippen molar-refractivity contribution in [3.63, 3.8) is 0 Å². The number of quaternary nitrogens is 1. The van der Waals surface area contributed by atoms with Crippen LogP contribution in [0.15, 0.2) is 85.1 Å². The Kier molecular flexibility index (Phi) is 35.9. The molecule has 2 atom stereocenters. The zero-order valence-corrected chi connectivity index (χ0v) is 36.7. The van der Waals surface area contributed by atoms with Crippen LogP contribution < -0.4 is 4.89 Å². The van der Waals surface area contributed by atoms with E-state index in [1.165, 1.54) is 19.3 Å². The maximum atomic E-state index is 12.6. The van der Waals surface area contributed by atoms with Gasteiger partial charge in [-0.3, -0.25) is 14.2 Å². The molecule has 0 aliphatic carbocycles. The Bertz CT molecular complexity index is 1230. The van der Waals surface area contributed by atoms with Gasteiger partial charge in [0.2, 0.25) is 0 Å². The summed E-state index contributed by atoms with van der Waals surface area (Å²) in [5.41, 5.74) is 0. The highest BCUT2D eigenvalue weighted by molar-refractivity contribution is 7.45. The van der Waals surface area contributed by atoms with Crippen LogP contribution in [0.4, 0.5) is 0 Å². The number of ether oxygens (including phenoxy) is 2. The lowest BCUT2D eigenvalue weighted by atomic mass is 10.1. The van der Waals surface area contributed by atoms with E-state index >= 15 is 0 Å². The average molecular weight is 804 g/mol. The number of rotatable bonds is 37. The van der Waals surface area contributed by atoms with Gasteiger partial charge in [0.15, 0.2) is 6.10 Å². The smallest absolute Gasteiger partial charge is 0.306 e. The number of phosphoric ester groups is 1. The summed E-state index contributed by atoms with van der Waals surface area (Å²) >= 11 is 0. The maximum absolute atomic E-state index is 12.6. The Morgan fingerprint density at radius 2 is 1.02 bits per heavy atom. The van der Waals surface area contributed by atoms with Crippen LogP contribution in [-0.2, 0) is 32.7 Å². The predicted molar refractivity (Wildman–Crippen MR) is 231 cm³/mol. The fraction of sp³-hybridized carbons (Fsp3) is 0.652. The van der Waals surface area contributed by atoms with Crippen molar-refractivity contribution in [1.82, 2.24) is 0 Å². The van der Waals surface area contributed by atoms with Gasteiger partial charge < -0.3 is 27.9 Å². The fourth-order valence-electron chi connectivity index (χ4n) is 5.06. The normalized spacial score (nSPS) is 14.5. The number of hydrogen-bond donors (Lipinski definition) is 0. The summed E-state index contributed by atoms with van der Waals surface area (Å²) in [7, 11) is 1.11. The third-order valence-electron chi connectivity index (χ3n) is 8.40. The summed E-state index contributed by atoms with van der Waals surface area (Å²) in [5, 5.41) is 0. The predicted octanol–water partition coefficient (Wildman–Crippen LogP) is 11.4. The Morgan fingerprint density at radius 3 is 1.54 bits per heavy atom. The minimum Gasteiger partial charge on any atom is -0.756 e. The molecule has 0 rings (SSSR count). The van der Waals surface area contributed by atoms with Crippen molar-refractivity contribution >= 4 is 19.8 Å². The number of phosphoric acid groups is 1.